The zero-order valence-electron chi connectivity index (χ0n) is 10.2. The largest absolute Gasteiger partial charge is 0.463 e. The molecule has 0 spiro atoms. The van der Waals surface area contributed by atoms with Gasteiger partial charge in [-0.05, 0) is 18.6 Å². The van der Waals surface area contributed by atoms with Gasteiger partial charge in [-0.1, -0.05) is 13.8 Å². The van der Waals surface area contributed by atoms with Gasteiger partial charge < -0.3 is 9.73 Å². The van der Waals surface area contributed by atoms with Gasteiger partial charge in [0.05, 0.1) is 6.26 Å². The maximum absolute atomic E-state index is 5.36. The van der Waals surface area contributed by atoms with Crippen LogP contribution in [0.15, 0.2) is 28.9 Å². The molecule has 2 aromatic rings. The molecule has 0 aliphatic rings. The van der Waals surface area contributed by atoms with Gasteiger partial charge in [0.1, 0.15) is 17.3 Å². The van der Waals surface area contributed by atoms with E-state index < -0.39 is 0 Å². The number of nitrogens with zero attached hydrogens (tertiary/aromatic N) is 2. The van der Waals surface area contributed by atoms with E-state index in [1.54, 1.807) is 6.26 Å². The molecule has 0 fully saturated rings. The van der Waals surface area contributed by atoms with Crippen molar-refractivity contribution in [1.82, 2.24) is 9.97 Å². The van der Waals surface area contributed by atoms with E-state index in [4.69, 9.17) is 4.42 Å². The first kappa shape index (κ1) is 11.6. The Morgan fingerprint density at radius 2 is 2.18 bits per heavy atom. The first-order valence-electron chi connectivity index (χ1n) is 5.99. The van der Waals surface area contributed by atoms with Gasteiger partial charge in [0.15, 0.2) is 5.76 Å². The van der Waals surface area contributed by atoms with Crippen LogP contribution in [0.5, 0.6) is 0 Å². The summed E-state index contributed by atoms with van der Waals surface area (Å²) < 4.78 is 5.36. The Kier molecular flexibility index (Phi) is 3.75. The summed E-state index contributed by atoms with van der Waals surface area (Å²) in [4.78, 5) is 8.89. The van der Waals surface area contributed by atoms with Crippen molar-refractivity contribution in [3.8, 4) is 11.5 Å². The minimum absolute atomic E-state index is 0.779. The Balaban J connectivity index is 2.32. The van der Waals surface area contributed by atoms with Gasteiger partial charge in [0.25, 0.3) is 0 Å². The molecule has 4 nitrogen and oxygen atoms in total. The molecule has 17 heavy (non-hydrogen) atoms. The van der Waals surface area contributed by atoms with E-state index in [0.717, 1.165) is 42.5 Å². The molecule has 0 unspecified atom stereocenters. The van der Waals surface area contributed by atoms with E-state index in [1.807, 2.05) is 25.1 Å². The van der Waals surface area contributed by atoms with E-state index in [-0.39, 0.29) is 0 Å². The highest BCUT2D eigenvalue weighted by molar-refractivity contribution is 5.57. The second-order valence-electron chi connectivity index (χ2n) is 3.81. The van der Waals surface area contributed by atoms with Crippen LogP contribution >= 0.6 is 0 Å². The number of hydrogen-bond donors (Lipinski definition) is 1. The van der Waals surface area contributed by atoms with Crippen LogP contribution in [0, 0.1) is 0 Å². The summed E-state index contributed by atoms with van der Waals surface area (Å²) in [6, 6.07) is 5.70. The summed E-state index contributed by atoms with van der Waals surface area (Å²) in [5.74, 6) is 2.48. The predicted molar refractivity (Wildman–Crippen MR) is 67.9 cm³/mol. The molecule has 90 valence electrons. The van der Waals surface area contributed by atoms with Crippen molar-refractivity contribution in [2.45, 2.75) is 26.7 Å². The molecule has 0 aliphatic carbocycles. The third-order valence-electron chi connectivity index (χ3n) is 2.42. The van der Waals surface area contributed by atoms with Crippen LogP contribution in [0.3, 0.4) is 0 Å². The Labute approximate surface area is 101 Å². The third-order valence-corrected chi connectivity index (χ3v) is 2.42. The lowest BCUT2D eigenvalue weighted by molar-refractivity contribution is 0.579. The normalized spacial score (nSPS) is 10.5. The highest BCUT2D eigenvalue weighted by atomic mass is 16.3. The van der Waals surface area contributed by atoms with Crippen molar-refractivity contribution in [3.05, 3.63) is 30.3 Å². The van der Waals surface area contributed by atoms with Crippen LogP contribution in [0.25, 0.3) is 11.5 Å². The maximum atomic E-state index is 5.36. The molecular weight excluding hydrogens is 214 g/mol. The molecule has 2 rings (SSSR count). The van der Waals surface area contributed by atoms with E-state index in [2.05, 4.69) is 22.2 Å². The lowest BCUT2D eigenvalue weighted by Crippen LogP contribution is -2.05. The molecule has 0 saturated carbocycles. The quantitative estimate of drug-likeness (QED) is 0.859. The average Bonchev–Trinajstić information content (AvgIpc) is 2.89. The first-order valence-corrected chi connectivity index (χ1v) is 5.99. The molecule has 2 aromatic heterocycles. The Bertz CT molecular complexity index is 466. The minimum Gasteiger partial charge on any atom is -0.463 e. The van der Waals surface area contributed by atoms with Crippen molar-refractivity contribution in [1.29, 1.82) is 0 Å². The molecular formula is C13H17N3O. The van der Waals surface area contributed by atoms with E-state index >= 15 is 0 Å². The highest BCUT2D eigenvalue weighted by Gasteiger charge is 2.07. The van der Waals surface area contributed by atoms with Crippen LogP contribution in [-0.2, 0) is 6.42 Å². The summed E-state index contributed by atoms with van der Waals surface area (Å²) in [7, 11) is 0. The van der Waals surface area contributed by atoms with Crippen molar-refractivity contribution in [2.75, 3.05) is 11.9 Å². The molecule has 0 saturated heterocycles. The lowest BCUT2D eigenvalue weighted by atomic mass is 10.3. The van der Waals surface area contributed by atoms with Crippen LogP contribution in [0.1, 0.15) is 26.1 Å². The van der Waals surface area contributed by atoms with Crippen molar-refractivity contribution < 1.29 is 4.42 Å². The van der Waals surface area contributed by atoms with E-state index in [1.165, 1.54) is 0 Å². The Morgan fingerprint density at radius 3 is 2.82 bits per heavy atom. The van der Waals surface area contributed by atoms with Gasteiger partial charge in [-0.2, -0.15) is 0 Å². The number of hydrogen-bond acceptors (Lipinski definition) is 4. The van der Waals surface area contributed by atoms with Crippen LogP contribution < -0.4 is 5.32 Å². The number of aryl methyl sites for hydroxylation is 1. The molecule has 0 atom stereocenters. The Hall–Kier alpha value is -1.84. The van der Waals surface area contributed by atoms with Crippen molar-refractivity contribution >= 4 is 5.82 Å². The van der Waals surface area contributed by atoms with Crippen LogP contribution in [0.4, 0.5) is 5.82 Å². The molecule has 4 heteroatoms. The summed E-state index contributed by atoms with van der Waals surface area (Å²) in [5, 5.41) is 3.28. The molecule has 0 aliphatic heterocycles. The monoisotopic (exact) mass is 231 g/mol. The summed E-state index contributed by atoms with van der Waals surface area (Å²) in [6.45, 7) is 5.09. The van der Waals surface area contributed by atoms with Gasteiger partial charge in [-0.25, -0.2) is 9.97 Å². The third kappa shape index (κ3) is 2.84. The van der Waals surface area contributed by atoms with E-state index in [9.17, 15) is 0 Å². The van der Waals surface area contributed by atoms with Gasteiger partial charge >= 0.3 is 0 Å². The number of aromatic nitrogens is 2. The Morgan fingerprint density at radius 1 is 1.29 bits per heavy atom. The van der Waals surface area contributed by atoms with Crippen LogP contribution in [0.2, 0.25) is 0 Å². The van der Waals surface area contributed by atoms with Crippen molar-refractivity contribution in [3.63, 3.8) is 0 Å². The maximum Gasteiger partial charge on any atom is 0.152 e. The SMILES string of the molecule is CCCNc1cc(-c2ccco2)nc(CC)n1. The number of furan rings is 1. The fourth-order valence-electron chi connectivity index (χ4n) is 1.55. The van der Waals surface area contributed by atoms with Gasteiger partial charge in [0.2, 0.25) is 0 Å². The molecule has 2 heterocycles. The number of rotatable bonds is 5. The standard InChI is InChI=1S/C13H17N3O/c1-3-7-14-13-9-10(11-6-5-8-17-11)15-12(4-2)16-13/h5-6,8-9H,3-4,7H2,1-2H3,(H,14,15,16). The zero-order chi connectivity index (χ0) is 12.1. The minimum atomic E-state index is 0.779. The van der Waals surface area contributed by atoms with Gasteiger partial charge in [-0.3, -0.25) is 0 Å². The highest BCUT2D eigenvalue weighted by Crippen LogP contribution is 2.20. The average molecular weight is 231 g/mol. The molecule has 0 bridgehead atoms. The second kappa shape index (κ2) is 5.48. The summed E-state index contributed by atoms with van der Waals surface area (Å²) >= 11 is 0. The summed E-state index contributed by atoms with van der Waals surface area (Å²) in [6.07, 6.45) is 3.54. The topological polar surface area (TPSA) is 51.0 Å². The van der Waals surface area contributed by atoms with Gasteiger partial charge in [-0.15, -0.1) is 0 Å². The van der Waals surface area contributed by atoms with E-state index in [0.29, 0.717) is 0 Å². The fraction of sp³-hybridized carbons (Fsp3) is 0.385. The zero-order valence-corrected chi connectivity index (χ0v) is 10.2. The first-order chi connectivity index (χ1) is 8.33. The van der Waals surface area contributed by atoms with Crippen molar-refractivity contribution in [2.24, 2.45) is 0 Å². The smallest absolute Gasteiger partial charge is 0.152 e. The number of anilines is 1. The predicted octanol–water partition coefficient (Wildman–Crippen LogP) is 3.12. The molecule has 0 aromatic carbocycles. The van der Waals surface area contributed by atoms with Crippen LogP contribution in [-0.4, -0.2) is 16.5 Å². The molecule has 0 radical (unpaired) electrons. The molecule has 1 N–H and O–H groups in total. The van der Waals surface area contributed by atoms with Gasteiger partial charge in [0, 0.05) is 19.0 Å². The number of nitrogens with one attached hydrogen (secondary N) is 1. The fourth-order valence-corrected chi connectivity index (χ4v) is 1.55. The molecule has 0 amide bonds. The lowest BCUT2D eigenvalue weighted by Gasteiger charge is -2.07. The second-order valence-corrected chi connectivity index (χ2v) is 3.81. The summed E-state index contributed by atoms with van der Waals surface area (Å²) in [5.41, 5.74) is 0.834.